The van der Waals surface area contributed by atoms with Crippen molar-refractivity contribution in [3.05, 3.63) is 296 Å². The van der Waals surface area contributed by atoms with Gasteiger partial charge in [-0.05, 0) is 146 Å². The standard InChI is InChI=1S/C23H23N3.C20H17N3O2.C16H29N3O2.C15H27N3O2.C15H15N3O.C15H19N3/c1-25-21(18-12-6-3-7-13-18)22(19-14-8-4-9-15-19)26(2)23(25)24-20-16-10-5-11-17-20;24-19(25)15-11-13-18(14-12-15)23-20(21-16-7-3-1-4-8-16)22-17-9-5-2-6-10-17;1-2-4-14(5-3-1)17-16(19-8-12-21-13-9-19)18-15-6-10-20-11-7-15;1-2-4-14(5-3-1)16-15(17-6-10-19-11-7-17)18-8-12-20-13-9-18;1-12(19)16-15(17-13-8-4-2-5-9-13)18-14-10-6-3-7-11-14;1-17(2)15(18(3)4)16-14-11-7-9-12-8-5-6-10-13(12)14/h3-17,21-22H,1-2H3;1-14H,(H,24,25)(H2,21,22,23);14-15H,1-13H2,(H,17,18);14H,1-13H2;2-11H,1H3,(H2,16,17,18,19);5-11H,1-4H3. The Hall–Kier alpha value is -12.9. The number of nitrogens with one attached hydrogen (secondary N) is 5. The lowest BCUT2D eigenvalue weighted by atomic mass is 9.93. The van der Waals surface area contributed by atoms with Crippen LogP contribution >= 0.6 is 0 Å². The van der Waals surface area contributed by atoms with E-state index in [9.17, 15) is 9.59 Å². The molecular weight excluding hydrogens is 1610 g/mol. The molecule has 129 heavy (non-hydrogen) atoms. The van der Waals surface area contributed by atoms with Gasteiger partial charge < -0.3 is 79.6 Å². The Morgan fingerprint density at radius 2 is 0.791 bits per heavy atom. The van der Waals surface area contributed by atoms with Crippen LogP contribution in [0.15, 0.2) is 309 Å². The van der Waals surface area contributed by atoms with Gasteiger partial charge in [-0.1, -0.05) is 227 Å². The minimum atomic E-state index is -0.958. The van der Waals surface area contributed by atoms with Gasteiger partial charge in [-0.2, -0.15) is 0 Å². The zero-order chi connectivity index (χ0) is 90.0. The number of hydrogen-bond acceptors (Lipinski definition) is 12. The number of ether oxygens (including phenoxy) is 4. The van der Waals surface area contributed by atoms with Crippen LogP contribution in [0.3, 0.4) is 0 Å². The third-order valence-electron chi connectivity index (χ3n) is 22.8. The molecule has 2 saturated carbocycles. The Labute approximate surface area is 762 Å². The Bertz CT molecular complexity index is 5010. The number of morpholine rings is 3. The highest BCUT2D eigenvalue weighted by atomic mass is 16.5. The second-order valence-corrected chi connectivity index (χ2v) is 32.9. The van der Waals surface area contributed by atoms with Gasteiger partial charge in [-0.25, -0.2) is 34.7 Å². The van der Waals surface area contributed by atoms with Crippen LogP contribution in [0.1, 0.15) is 118 Å². The van der Waals surface area contributed by atoms with Crippen molar-refractivity contribution in [3.63, 3.8) is 0 Å². The first-order valence-electron chi connectivity index (χ1n) is 45.5. The predicted molar refractivity (Wildman–Crippen MR) is 527 cm³/mol. The van der Waals surface area contributed by atoms with Gasteiger partial charge in [0.05, 0.1) is 92.1 Å². The zero-order valence-corrected chi connectivity index (χ0v) is 76.0. The molecule has 25 heteroatoms. The summed E-state index contributed by atoms with van der Waals surface area (Å²) in [5.41, 5.74) is 8.88. The van der Waals surface area contributed by atoms with Crippen molar-refractivity contribution in [2.24, 2.45) is 30.0 Å². The molecule has 6 N–H and O–H groups in total. The van der Waals surface area contributed by atoms with Gasteiger partial charge in [-0.15, -0.1) is 0 Å². The van der Waals surface area contributed by atoms with Crippen molar-refractivity contribution in [1.29, 1.82) is 0 Å². The lowest BCUT2D eigenvalue weighted by Crippen LogP contribution is -2.52. The molecule has 10 aromatic carbocycles. The first-order chi connectivity index (χ1) is 63.1. The van der Waals surface area contributed by atoms with Crippen molar-refractivity contribution in [1.82, 2.24) is 44.9 Å². The van der Waals surface area contributed by atoms with E-state index in [-0.39, 0.29) is 23.6 Å². The molecule has 1 amide bonds. The van der Waals surface area contributed by atoms with Crippen LogP contribution in [-0.4, -0.2) is 240 Å². The summed E-state index contributed by atoms with van der Waals surface area (Å²) in [5, 5.41) is 27.4. The molecule has 10 aromatic rings. The number of para-hydroxylation sites is 5. The van der Waals surface area contributed by atoms with E-state index >= 15 is 0 Å². The highest BCUT2D eigenvalue weighted by Crippen LogP contribution is 2.44. The van der Waals surface area contributed by atoms with Crippen molar-refractivity contribution in [2.45, 2.75) is 114 Å². The number of fused-ring (bicyclic) bond motifs is 1. The second-order valence-electron chi connectivity index (χ2n) is 32.9. The molecule has 7 aliphatic rings. The summed E-state index contributed by atoms with van der Waals surface area (Å²) in [6, 6.07) is 92.9. The van der Waals surface area contributed by atoms with Crippen LogP contribution in [-0.2, 0) is 23.7 Å². The van der Waals surface area contributed by atoms with Gasteiger partial charge >= 0.3 is 5.97 Å². The van der Waals surface area contributed by atoms with Crippen LogP contribution < -0.4 is 26.6 Å². The number of aliphatic imine (C=N–C) groups is 6. The van der Waals surface area contributed by atoms with Crippen LogP contribution in [0, 0.1) is 0 Å². The molecule has 0 aromatic heterocycles. The van der Waals surface area contributed by atoms with E-state index < -0.39 is 5.97 Å². The monoisotopic (exact) mass is 1740 g/mol. The molecule has 0 radical (unpaired) electrons. The molecule has 2 unspecified atom stereocenters. The van der Waals surface area contributed by atoms with E-state index in [4.69, 9.17) is 44.0 Å². The fourth-order valence-electron chi connectivity index (χ4n) is 16.2. The maximum absolute atomic E-state index is 11.2. The maximum atomic E-state index is 11.2. The molecule has 5 aliphatic heterocycles. The van der Waals surface area contributed by atoms with Crippen molar-refractivity contribution in [2.75, 3.05) is 150 Å². The number of carbonyl (C=O) groups excluding carboxylic acids is 1. The molecule has 2 aliphatic carbocycles. The topological polar surface area (TPSA) is 248 Å². The van der Waals surface area contributed by atoms with E-state index in [1.54, 1.807) is 12.1 Å². The molecule has 5 heterocycles. The number of carboxylic acids is 1. The third-order valence-corrected chi connectivity index (χ3v) is 22.8. The highest BCUT2D eigenvalue weighted by Gasteiger charge is 2.42. The molecule has 7 fully saturated rings. The maximum Gasteiger partial charge on any atom is 0.335 e. The Morgan fingerprint density at radius 3 is 1.26 bits per heavy atom. The van der Waals surface area contributed by atoms with E-state index in [0.717, 1.165) is 157 Å². The summed E-state index contributed by atoms with van der Waals surface area (Å²) in [6.45, 7) is 13.9. The number of nitrogens with zero attached hydrogens (tertiary/aromatic N) is 13. The zero-order valence-electron chi connectivity index (χ0n) is 76.0. The molecule has 17 rings (SSSR count). The van der Waals surface area contributed by atoms with E-state index in [2.05, 4.69) is 166 Å². The summed E-state index contributed by atoms with van der Waals surface area (Å²) in [6.07, 6.45) is 15.4. The number of guanidine groups is 6. The lowest BCUT2D eigenvalue weighted by molar-refractivity contribution is -0.117. The fourth-order valence-corrected chi connectivity index (χ4v) is 16.2. The molecule has 5 saturated heterocycles. The highest BCUT2D eigenvalue weighted by molar-refractivity contribution is 6.06. The Balaban J connectivity index is 0.000000141. The molecule has 25 nitrogen and oxygen atoms in total. The lowest BCUT2D eigenvalue weighted by Gasteiger charge is -2.39. The number of rotatable bonds is 13. The largest absolute Gasteiger partial charge is 0.478 e. The van der Waals surface area contributed by atoms with Crippen molar-refractivity contribution in [3.8, 4) is 0 Å². The summed E-state index contributed by atoms with van der Waals surface area (Å²) >= 11 is 0. The number of benzene rings is 10. The average molecular weight is 1740 g/mol. The van der Waals surface area contributed by atoms with E-state index in [0.29, 0.717) is 35.7 Å². The second kappa shape index (κ2) is 51.8. The minimum Gasteiger partial charge on any atom is -0.478 e. The van der Waals surface area contributed by atoms with E-state index in [1.807, 2.05) is 202 Å². The van der Waals surface area contributed by atoms with Crippen LogP contribution in [0.4, 0.5) is 39.8 Å². The van der Waals surface area contributed by atoms with Gasteiger partial charge in [0, 0.05) is 130 Å². The van der Waals surface area contributed by atoms with Crippen molar-refractivity contribution < 1.29 is 33.6 Å². The van der Waals surface area contributed by atoms with Crippen LogP contribution in [0.5, 0.6) is 0 Å². The summed E-state index contributed by atoms with van der Waals surface area (Å²) in [5.74, 6) is 4.08. The number of carbonyl (C=O) groups is 2. The van der Waals surface area contributed by atoms with Gasteiger partial charge in [0.15, 0.2) is 11.9 Å². The van der Waals surface area contributed by atoms with Gasteiger partial charge in [-0.3, -0.25) is 10.1 Å². The van der Waals surface area contributed by atoms with Gasteiger partial charge in [0.25, 0.3) is 0 Å². The molecule has 0 bridgehead atoms. The Kier molecular flexibility index (Phi) is 38.2. The molecule has 678 valence electrons. The smallest absolute Gasteiger partial charge is 0.335 e. The predicted octanol–water partition coefficient (Wildman–Crippen LogP) is 18.6. The van der Waals surface area contributed by atoms with E-state index in [1.165, 1.54) is 111 Å². The fraction of sp³-hybridized carbons (Fsp3) is 0.365. The molecule has 2 atom stereocenters. The first kappa shape index (κ1) is 95.2. The number of hydrogen-bond donors (Lipinski definition) is 6. The van der Waals surface area contributed by atoms with Crippen LogP contribution in [0.2, 0.25) is 0 Å². The quantitative estimate of drug-likeness (QED) is 0.0464. The third kappa shape index (κ3) is 30.9. The number of aromatic carboxylic acids is 1. The summed E-state index contributed by atoms with van der Waals surface area (Å²) in [7, 11) is 12.3. The normalized spacial score (nSPS) is 17.3. The van der Waals surface area contributed by atoms with Crippen LogP contribution in [0.25, 0.3) is 10.8 Å². The Morgan fingerprint density at radius 1 is 0.395 bits per heavy atom. The number of amides is 1. The van der Waals surface area contributed by atoms with Crippen molar-refractivity contribution >= 4 is 98.2 Å². The molecular formula is C104H130N18O7. The van der Waals surface area contributed by atoms with Gasteiger partial charge in [0.2, 0.25) is 29.7 Å². The minimum absolute atomic E-state index is 0.168. The summed E-state index contributed by atoms with van der Waals surface area (Å²) in [4.78, 5) is 66.8. The average Bonchev–Trinajstić information content (AvgIpc) is 1.61. The summed E-state index contributed by atoms with van der Waals surface area (Å²) < 4.78 is 21.9. The number of anilines is 3. The first-order valence-corrected chi connectivity index (χ1v) is 45.5. The molecule has 0 spiro atoms. The SMILES string of the molecule is C1CCC(N=C(N2CCOCC2)N2CCOCC2)CC1.C1CCC(NC(=NC2CCOCC2)N2CCOCC2)CC1.CC(=O)NC(=Nc1ccccc1)Nc1ccccc1.CN(C)C(=Nc1cccc2ccccc12)N(C)C.CN1C(=Nc2ccccc2)N(C)C(c2ccccc2)C1c1ccccc1.O=C(O)c1ccc(N=C(Nc2ccccc2)Nc2ccccc2)cc1. The number of carboxylic acid groups (broad SMARTS) is 1. The van der Waals surface area contributed by atoms with Gasteiger partial charge in [0.1, 0.15) is 0 Å². The number of likely N-dealkylation sites (N-methyl/N-ethyl adjacent to an activating group) is 2.